The quantitative estimate of drug-likeness (QED) is 0.0652. The summed E-state index contributed by atoms with van der Waals surface area (Å²) in [7, 11) is 4.14. The van der Waals surface area contributed by atoms with Gasteiger partial charge in [0.25, 0.3) is 5.91 Å². The molecule has 16 nitrogen and oxygen atoms in total. The fourth-order valence-electron chi connectivity index (χ4n) is 16.3. The topological polar surface area (TPSA) is 207 Å². The lowest BCUT2D eigenvalue weighted by Gasteiger charge is -2.51. The van der Waals surface area contributed by atoms with E-state index in [1.54, 1.807) is 12.1 Å². The molecule has 0 radical (unpaired) electrons. The number of nitrogens with one attached hydrogen (secondary N) is 1. The van der Waals surface area contributed by atoms with Gasteiger partial charge in [0.1, 0.15) is 23.3 Å². The van der Waals surface area contributed by atoms with Crippen molar-refractivity contribution in [3.8, 4) is 45.0 Å². The van der Waals surface area contributed by atoms with Gasteiger partial charge in [0.05, 0.1) is 55.8 Å². The number of carbonyl (C=O) groups is 2. The number of piperidine rings is 1. The molecule has 1 amide bonds. The molecule has 0 unspecified atom stereocenters. The zero-order valence-electron chi connectivity index (χ0n) is 61.2. The minimum Gasteiger partial charge on any atom is -0.478 e. The van der Waals surface area contributed by atoms with E-state index in [2.05, 4.69) is 178 Å². The maximum Gasteiger partial charge on any atom is 0.336 e. The molecule has 2 aliphatic rings. The van der Waals surface area contributed by atoms with Gasteiger partial charge < -0.3 is 44.7 Å². The minimum absolute atomic E-state index is 0.0266. The molecule has 1 aliphatic carbocycles. The molecule has 2 fully saturated rings. The molecule has 16 heteroatoms. The maximum absolute atomic E-state index is 13.7. The first-order valence-electron chi connectivity index (χ1n) is 35.7. The molecule has 1 aliphatic heterocycles. The van der Waals surface area contributed by atoms with E-state index in [0.29, 0.717) is 37.1 Å². The summed E-state index contributed by atoms with van der Waals surface area (Å²) in [6.45, 7) is 26.5. The first-order chi connectivity index (χ1) is 48.1. The van der Waals surface area contributed by atoms with Crippen LogP contribution in [0, 0.1) is 24.7 Å². The lowest BCUT2D eigenvalue weighted by molar-refractivity contribution is -0.245. The summed E-state index contributed by atoms with van der Waals surface area (Å²) in [6.07, 6.45) is 6.74. The third-order valence-corrected chi connectivity index (χ3v) is 20.9. The number of benzene rings is 8. The molecule has 6 N–H and O–H groups in total. The van der Waals surface area contributed by atoms with Crippen molar-refractivity contribution in [1.82, 2.24) is 48.6 Å². The molecule has 14 rings (SSSR count). The summed E-state index contributed by atoms with van der Waals surface area (Å²) in [6, 6.07) is 57.2. The zero-order valence-corrected chi connectivity index (χ0v) is 61.2. The van der Waals surface area contributed by atoms with E-state index in [1.807, 2.05) is 100 Å². The molecule has 1 saturated heterocycles. The average molecular weight is 1350 g/mol. The Hall–Kier alpha value is -9.58. The normalized spacial score (nSPS) is 17.2. The Morgan fingerprint density at radius 3 is 1.33 bits per heavy atom. The number of fused-ring (bicyclic) bond motifs is 4. The molecule has 524 valence electrons. The second-order valence-electron chi connectivity index (χ2n) is 30.9. The first kappa shape index (κ1) is 71.3. The number of hydrogen-bond acceptors (Lipinski definition) is 10. The fourth-order valence-corrected chi connectivity index (χ4v) is 16.3. The van der Waals surface area contributed by atoms with Crippen LogP contribution in [0.25, 0.3) is 89.2 Å². The molecule has 0 atom stereocenters. The number of amides is 1. The number of aliphatic hydroxyl groups excluding tert-OH is 1. The second-order valence-corrected chi connectivity index (χ2v) is 30.9. The van der Waals surface area contributed by atoms with Crippen LogP contribution in [0.15, 0.2) is 170 Å². The van der Waals surface area contributed by atoms with E-state index < -0.39 is 17.0 Å². The molecule has 8 aromatic carbocycles. The highest BCUT2D eigenvalue weighted by Gasteiger charge is 2.47. The molecule has 5 heterocycles. The highest BCUT2D eigenvalue weighted by molar-refractivity contribution is 6.01. The Bertz CT molecular complexity index is 4990. The predicted octanol–water partition coefficient (Wildman–Crippen LogP) is 17.5. The number of hydroxylamine groups is 2. The van der Waals surface area contributed by atoms with Crippen LogP contribution in [0.1, 0.15) is 162 Å². The van der Waals surface area contributed by atoms with Gasteiger partial charge in [-0.3, -0.25) is 4.79 Å². The SMILES string of the molecule is CC1(C)CC(N)CC(C)(C)C1O.CCCc1nc2c(C)cc(-c3nc4ccccc4n3C)cc2n1Cc1ccc(-c2ccccc2C(=O)NC2CC(C)(C)N(O)C(C)(C)C2)cc1.CCCc1nc2c(C)cc(-c3nc4ccccc4n3C)cc2n1Cc1ccc(-c2ccccc2C(=O)O)cc1. The van der Waals surface area contributed by atoms with Gasteiger partial charge in [0.2, 0.25) is 0 Å². The van der Waals surface area contributed by atoms with Crippen LogP contribution in [0.4, 0.5) is 0 Å². The van der Waals surface area contributed by atoms with Crippen molar-refractivity contribution < 1.29 is 25.0 Å². The van der Waals surface area contributed by atoms with Crippen LogP contribution in [0.5, 0.6) is 0 Å². The summed E-state index contributed by atoms with van der Waals surface area (Å²) >= 11 is 0. The number of carboxylic acids is 1. The largest absolute Gasteiger partial charge is 0.478 e. The van der Waals surface area contributed by atoms with Crippen molar-refractivity contribution in [2.45, 2.75) is 177 Å². The summed E-state index contributed by atoms with van der Waals surface area (Å²) in [5.41, 5.74) is 24.6. The van der Waals surface area contributed by atoms with Crippen LogP contribution >= 0.6 is 0 Å². The van der Waals surface area contributed by atoms with Crippen LogP contribution in [0.2, 0.25) is 0 Å². The van der Waals surface area contributed by atoms with Gasteiger partial charge in [-0.15, -0.1) is 0 Å². The van der Waals surface area contributed by atoms with Crippen LogP contribution in [-0.2, 0) is 40.0 Å². The van der Waals surface area contributed by atoms with Gasteiger partial charge in [0, 0.05) is 79.9 Å². The van der Waals surface area contributed by atoms with E-state index in [-0.39, 0.29) is 34.9 Å². The lowest BCUT2D eigenvalue weighted by Crippen LogP contribution is -2.62. The Balaban J connectivity index is 0.000000167. The van der Waals surface area contributed by atoms with E-state index >= 15 is 0 Å². The lowest BCUT2D eigenvalue weighted by atomic mass is 9.61. The molecular weight excluding hydrogens is 1260 g/mol. The molecule has 1 saturated carbocycles. The summed E-state index contributed by atoms with van der Waals surface area (Å²) in [4.78, 5) is 45.6. The molecule has 101 heavy (non-hydrogen) atoms. The van der Waals surface area contributed by atoms with Crippen molar-refractivity contribution in [2.75, 3.05) is 0 Å². The number of aromatic carboxylic acids is 1. The average Bonchev–Trinajstić information content (AvgIpc) is 1.67. The van der Waals surface area contributed by atoms with Crippen LogP contribution < -0.4 is 11.1 Å². The monoisotopic (exact) mass is 1350 g/mol. The number of aryl methyl sites for hydroxylation is 6. The van der Waals surface area contributed by atoms with E-state index in [9.17, 15) is 25.0 Å². The predicted molar refractivity (Wildman–Crippen MR) is 408 cm³/mol. The summed E-state index contributed by atoms with van der Waals surface area (Å²) in [5, 5.41) is 35.1. The number of hydrogen-bond donors (Lipinski definition) is 5. The zero-order chi connectivity index (χ0) is 72.0. The van der Waals surface area contributed by atoms with Gasteiger partial charge in [-0.05, 0) is 196 Å². The summed E-state index contributed by atoms with van der Waals surface area (Å²) in [5.74, 6) is 3.02. The number of nitrogens with two attached hydrogens (primary N) is 1. The van der Waals surface area contributed by atoms with Gasteiger partial charge in [-0.2, -0.15) is 5.06 Å². The van der Waals surface area contributed by atoms with E-state index in [0.717, 1.165) is 156 Å². The van der Waals surface area contributed by atoms with Crippen molar-refractivity contribution in [3.63, 3.8) is 0 Å². The van der Waals surface area contributed by atoms with Gasteiger partial charge in [0.15, 0.2) is 0 Å². The molecule has 12 aromatic rings. The summed E-state index contributed by atoms with van der Waals surface area (Å²) < 4.78 is 8.99. The van der Waals surface area contributed by atoms with E-state index in [1.165, 1.54) is 10.6 Å². The Labute approximate surface area is 593 Å². The number of imidazole rings is 4. The highest BCUT2D eigenvalue weighted by atomic mass is 16.5. The second kappa shape index (κ2) is 28.4. The van der Waals surface area contributed by atoms with Crippen molar-refractivity contribution in [1.29, 1.82) is 0 Å². The standard InChI is InChI=1S/C42H48N6O2.C33H30N4O2.C10H21NO/c1-8-13-37-45-38-27(2)22-30(39-44-34-16-11-12-17-35(34)46(39)7)23-36(38)47(37)26-28-18-20-29(21-19-28)32-14-9-10-15-33(32)40(49)43-31-24-41(3,4)48(50)42(5,6)25-31;1-4-9-30-35-31-21(2)18-24(32-34-27-12-7-8-13-28(27)36(32)3)19-29(31)37(30)20-22-14-16-23(17-15-22)25-10-5-6-11-26(25)33(38)39;1-9(2)5-7(11)6-10(3,4)8(9)12/h9-12,14-23,31,50H,8,13,24-26H2,1-7H3,(H,43,49);5-8,10-19H,4,9,20H2,1-3H3,(H,38,39);7-8,12H,5-6,11H2,1-4H3. The van der Waals surface area contributed by atoms with Crippen molar-refractivity contribution in [3.05, 3.63) is 215 Å². The van der Waals surface area contributed by atoms with Crippen molar-refractivity contribution in [2.24, 2.45) is 30.7 Å². The van der Waals surface area contributed by atoms with Gasteiger partial charge in [-0.1, -0.05) is 151 Å². The minimum atomic E-state index is -0.921. The number of nitrogens with zero attached hydrogens (tertiary/aromatic N) is 9. The first-order valence-corrected chi connectivity index (χ1v) is 35.7. The number of carbonyl (C=O) groups excluding carboxylic acids is 1. The highest BCUT2D eigenvalue weighted by Crippen LogP contribution is 2.46. The van der Waals surface area contributed by atoms with Crippen LogP contribution in [0.3, 0.4) is 0 Å². The fraction of sp³-hybridized carbons (Fsp3) is 0.365. The molecular formula is C85H99N11O5. The number of aliphatic hydroxyl groups is 1. The number of carboxylic acid groups (broad SMARTS) is 1. The van der Waals surface area contributed by atoms with Crippen molar-refractivity contribution >= 4 is 56.0 Å². The maximum atomic E-state index is 13.7. The van der Waals surface area contributed by atoms with Crippen LogP contribution in [-0.4, -0.2) is 99.8 Å². The third-order valence-electron chi connectivity index (χ3n) is 20.9. The molecule has 0 spiro atoms. The van der Waals surface area contributed by atoms with Gasteiger partial charge >= 0.3 is 5.97 Å². The number of para-hydroxylation sites is 4. The van der Waals surface area contributed by atoms with Gasteiger partial charge in [-0.25, -0.2) is 24.7 Å². The number of rotatable bonds is 15. The molecule has 4 aromatic heterocycles. The number of aromatic nitrogens is 8. The Morgan fingerprint density at radius 2 is 0.911 bits per heavy atom. The Kier molecular flexibility index (Phi) is 20.1. The van der Waals surface area contributed by atoms with E-state index in [4.69, 9.17) is 25.7 Å². The Morgan fingerprint density at radius 1 is 0.515 bits per heavy atom. The smallest absolute Gasteiger partial charge is 0.336 e. The third kappa shape index (κ3) is 14.6. The molecule has 0 bridgehead atoms.